The molecular formula is C22H25N3O3. The lowest BCUT2D eigenvalue weighted by atomic mass is 10.1. The average Bonchev–Trinajstić information content (AvgIpc) is 2.63. The Labute approximate surface area is 163 Å². The highest BCUT2D eigenvalue weighted by atomic mass is 16.3. The standard InChI is InChI=1S/C22H25N3O3/c1-6-25-17(16-7-8-18(26)19(27)11-16)12-20(24(5)22(25)28)23-21-14(3)9-13(2)10-15(21)4/h7-12,26-27H,6H2,1-5H3. The maximum absolute atomic E-state index is 12.9. The second-order valence-corrected chi connectivity index (χ2v) is 7.04. The zero-order chi connectivity index (χ0) is 20.6. The van der Waals surface area contributed by atoms with Crippen molar-refractivity contribution in [2.24, 2.45) is 12.0 Å². The number of phenolic OH excluding ortho intramolecular Hbond substituents is 2. The lowest BCUT2D eigenvalue weighted by Crippen LogP contribution is -2.38. The first-order valence-corrected chi connectivity index (χ1v) is 9.18. The normalized spacial score (nSPS) is 11.8. The fourth-order valence-corrected chi connectivity index (χ4v) is 3.48. The lowest BCUT2D eigenvalue weighted by Gasteiger charge is -2.14. The van der Waals surface area contributed by atoms with Crippen LogP contribution < -0.4 is 11.2 Å². The Bertz CT molecular complexity index is 1160. The Morgan fingerprint density at radius 3 is 2.18 bits per heavy atom. The van der Waals surface area contributed by atoms with E-state index in [-0.39, 0.29) is 17.2 Å². The van der Waals surface area contributed by atoms with Gasteiger partial charge < -0.3 is 10.2 Å². The third kappa shape index (κ3) is 3.45. The SMILES string of the molecule is CCn1c(-c2ccc(O)c(O)c2)cc(=Nc2c(C)cc(C)cc2C)n(C)c1=O. The van der Waals surface area contributed by atoms with Crippen LogP contribution in [0.15, 0.2) is 46.2 Å². The van der Waals surface area contributed by atoms with Crippen LogP contribution in [0, 0.1) is 20.8 Å². The number of aryl methyl sites for hydroxylation is 3. The van der Waals surface area contributed by atoms with Gasteiger partial charge in [0.25, 0.3) is 0 Å². The second kappa shape index (κ2) is 7.38. The van der Waals surface area contributed by atoms with E-state index in [1.165, 1.54) is 22.3 Å². The van der Waals surface area contributed by atoms with Crippen molar-refractivity contribution in [3.8, 4) is 22.8 Å². The molecule has 146 valence electrons. The first-order valence-electron chi connectivity index (χ1n) is 9.18. The van der Waals surface area contributed by atoms with Gasteiger partial charge in [0.1, 0.15) is 5.49 Å². The summed E-state index contributed by atoms with van der Waals surface area (Å²) in [5.41, 5.74) is 5.67. The van der Waals surface area contributed by atoms with Crippen molar-refractivity contribution >= 4 is 5.69 Å². The Balaban J connectivity index is 2.34. The van der Waals surface area contributed by atoms with Crippen molar-refractivity contribution in [1.29, 1.82) is 0 Å². The van der Waals surface area contributed by atoms with E-state index < -0.39 is 0 Å². The fraction of sp³-hybridized carbons (Fsp3) is 0.273. The minimum Gasteiger partial charge on any atom is -0.504 e. The van der Waals surface area contributed by atoms with E-state index in [2.05, 4.69) is 12.1 Å². The van der Waals surface area contributed by atoms with Crippen LogP contribution in [-0.4, -0.2) is 19.3 Å². The number of nitrogens with zero attached hydrogens (tertiary/aromatic N) is 3. The molecule has 0 bridgehead atoms. The van der Waals surface area contributed by atoms with E-state index in [1.54, 1.807) is 17.7 Å². The topological polar surface area (TPSA) is 79.8 Å². The van der Waals surface area contributed by atoms with E-state index in [9.17, 15) is 15.0 Å². The molecule has 0 fully saturated rings. The Morgan fingerprint density at radius 2 is 1.61 bits per heavy atom. The molecule has 2 N–H and O–H groups in total. The van der Waals surface area contributed by atoms with Crippen molar-refractivity contribution in [3.05, 3.63) is 69.1 Å². The zero-order valence-electron chi connectivity index (χ0n) is 16.8. The van der Waals surface area contributed by atoms with Gasteiger partial charge in [-0.25, -0.2) is 9.79 Å². The van der Waals surface area contributed by atoms with Gasteiger partial charge in [-0.1, -0.05) is 17.7 Å². The molecule has 0 aliphatic heterocycles. The average molecular weight is 379 g/mol. The molecule has 6 nitrogen and oxygen atoms in total. The van der Waals surface area contributed by atoms with Crippen LogP contribution in [0.4, 0.5) is 5.69 Å². The van der Waals surface area contributed by atoms with E-state index in [1.807, 2.05) is 33.8 Å². The molecule has 0 saturated carbocycles. The highest BCUT2D eigenvalue weighted by Gasteiger charge is 2.12. The number of aromatic nitrogens is 2. The Kier molecular flexibility index (Phi) is 5.14. The highest BCUT2D eigenvalue weighted by molar-refractivity contribution is 5.64. The number of benzene rings is 2. The third-order valence-electron chi connectivity index (χ3n) is 4.87. The summed E-state index contributed by atoms with van der Waals surface area (Å²) in [6, 6.07) is 10.5. The molecule has 0 aliphatic rings. The van der Waals surface area contributed by atoms with Crippen LogP contribution >= 0.6 is 0 Å². The molecule has 0 amide bonds. The summed E-state index contributed by atoms with van der Waals surface area (Å²) in [7, 11) is 1.70. The number of phenols is 2. The molecule has 0 atom stereocenters. The van der Waals surface area contributed by atoms with Gasteiger partial charge in [-0.2, -0.15) is 0 Å². The van der Waals surface area contributed by atoms with Crippen molar-refractivity contribution < 1.29 is 10.2 Å². The number of rotatable bonds is 3. The largest absolute Gasteiger partial charge is 0.504 e. The van der Waals surface area contributed by atoms with Crippen LogP contribution in [0.5, 0.6) is 11.5 Å². The maximum Gasteiger partial charge on any atom is 0.329 e. The Morgan fingerprint density at radius 1 is 0.964 bits per heavy atom. The van der Waals surface area contributed by atoms with Crippen LogP contribution in [0.3, 0.4) is 0 Å². The molecule has 6 heteroatoms. The molecule has 2 aromatic carbocycles. The van der Waals surface area contributed by atoms with Crippen molar-refractivity contribution in [2.75, 3.05) is 0 Å². The molecule has 0 radical (unpaired) electrons. The molecule has 0 aliphatic carbocycles. The molecule has 1 aromatic heterocycles. The summed E-state index contributed by atoms with van der Waals surface area (Å²) in [5.74, 6) is -0.434. The molecular weight excluding hydrogens is 354 g/mol. The van der Waals surface area contributed by atoms with Crippen molar-refractivity contribution in [2.45, 2.75) is 34.2 Å². The van der Waals surface area contributed by atoms with Crippen LogP contribution in [0.1, 0.15) is 23.6 Å². The smallest absolute Gasteiger partial charge is 0.329 e. The number of aromatic hydroxyl groups is 2. The summed E-state index contributed by atoms with van der Waals surface area (Å²) in [6.45, 7) is 8.40. The van der Waals surface area contributed by atoms with E-state index in [0.717, 1.165) is 16.8 Å². The minimum atomic E-state index is -0.232. The second-order valence-electron chi connectivity index (χ2n) is 7.04. The van der Waals surface area contributed by atoms with E-state index >= 15 is 0 Å². The Hall–Kier alpha value is -3.28. The van der Waals surface area contributed by atoms with Gasteiger partial charge in [0, 0.05) is 25.2 Å². The van der Waals surface area contributed by atoms with E-state index in [0.29, 0.717) is 23.3 Å². The third-order valence-corrected chi connectivity index (χ3v) is 4.87. The van der Waals surface area contributed by atoms with Gasteiger partial charge in [-0.3, -0.25) is 9.13 Å². The monoisotopic (exact) mass is 379 g/mol. The zero-order valence-corrected chi connectivity index (χ0v) is 16.8. The van der Waals surface area contributed by atoms with E-state index in [4.69, 9.17) is 4.99 Å². The van der Waals surface area contributed by atoms with Gasteiger partial charge in [0.15, 0.2) is 11.5 Å². The number of hydrogen-bond acceptors (Lipinski definition) is 4. The predicted molar refractivity (Wildman–Crippen MR) is 110 cm³/mol. The molecule has 1 heterocycles. The lowest BCUT2D eigenvalue weighted by molar-refractivity contribution is 0.404. The van der Waals surface area contributed by atoms with Gasteiger partial charge in [-0.15, -0.1) is 0 Å². The molecule has 0 spiro atoms. The first kappa shape index (κ1) is 19.5. The molecule has 3 aromatic rings. The fourth-order valence-electron chi connectivity index (χ4n) is 3.48. The van der Waals surface area contributed by atoms with Gasteiger partial charge in [0.05, 0.1) is 11.4 Å². The van der Waals surface area contributed by atoms with Gasteiger partial charge >= 0.3 is 5.69 Å². The highest BCUT2D eigenvalue weighted by Crippen LogP contribution is 2.30. The summed E-state index contributed by atoms with van der Waals surface area (Å²) in [4.78, 5) is 17.7. The van der Waals surface area contributed by atoms with Gasteiger partial charge in [0.2, 0.25) is 0 Å². The molecule has 0 saturated heterocycles. The first-order chi connectivity index (χ1) is 13.2. The maximum atomic E-state index is 12.9. The van der Waals surface area contributed by atoms with Crippen LogP contribution in [0.25, 0.3) is 11.3 Å². The van der Waals surface area contributed by atoms with Crippen molar-refractivity contribution in [3.63, 3.8) is 0 Å². The summed E-state index contributed by atoms with van der Waals surface area (Å²) in [5, 5.41) is 19.5. The molecule has 0 unspecified atom stereocenters. The summed E-state index contributed by atoms with van der Waals surface area (Å²) < 4.78 is 3.13. The van der Waals surface area contributed by atoms with Crippen LogP contribution in [0.2, 0.25) is 0 Å². The van der Waals surface area contributed by atoms with Crippen LogP contribution in [-0.2, 0) is 13.6 Å². The van der Waals surface area contributed by atoms with Crippen molar-refractivity contribution in [1.82, 2.24) is 9.13 Å². The number of hydrogen-bond donors (Lipinski definition) is 2. The predicted octanol–water partition coefficient (Wildman–Crippen LogP) is 3.44. The summed E-state index contributed by atoms with van der Waals surface area (Å²) >= 11 is 0. The quantitative estimate of drug-likeness (QED) is 0.684. The van der Waals surface area contributed by atoms with Gasteiger partial charge in [-0.05, 0) is 57.0 Å². The minimum absolute atomic E-state index is 0.200. The summed E-state index contributed by atoms with van der Waals surface area (Å²) in [6.07, 6.45) is 0. The molecule has 28 heavy (non-hydrogen) atoms. The molecule has 3 rings (SSSR count).